The molecule has 1 aliphatic carbocycles. The predicted octanol–water partition coefficient (Wildman–Crippen LogP) is 2.03. The van der Waals surface area contributed by atoms with Crippen molar-refractivity contribution in [3.63, 3.8) is 0 Å². The molecule has 0 aliphatic heterocycles. The molecule has 1 saturated carbocycles. The van der Waals surface area contributed by atoms with Crippen LogP contribution in [0.25, 0.3) is 0 Å². The summed E-state index contributed by atoms with van der Waals surface area (Å²) in [5, 5.41) is 2.58. The van der Waals surface area contributed by atoms with Gasteiger partial charge in [-0.05, 0) is 0 Å². The SMILES string of the molecule is N[C@@H]1CC(F)(F)C[C@@H]1Nc1cnc(C(F)(F)F)cn1. The van der Waals surface area contributed by atoms with Crippen molar-refractivity contribution >= 4 is 5.82 Å². The number of anilines is 1. The van der Waals surface area contributed by atoms with Crippen molar-refractivity contribution in [1.82, 2.24) is 9.97 Å². The molecule has 0 aromatic carbocycles. The zero-order valence-corrected chi connectivity index (χ0v) is 9.59. The average molecular weight is 282 g/mol. The van der Waals surface area contributed by atoms with E-state index in [0.29, 0.717) is 6.20 Å². The summed E-state index contributed by atoms with van der Waals surface area (Å²) in [4.78, 5) is 6.67. The minimum atomic E-state index is -4.58. The lowest BCUT2D eigenvalue weighted by Crippen LogP contribution is -2.35. The van der Waals surface area contributed by atoms with Crippen molar-refractivity contribution < 1.29 is 22.0 Å². The molecule has 0 radical (unpaired) electrons. The Balaban J connectivity index is 2.05. The number of halogens is 5. The lowest BCUT2D eigenvalue weighted by Gasteiger charge is -2.17. The molecule has 0 saturated heterocycles. The second-order valence-electron chi connectivity index (χ2n) is 4.46. The van der Waals surface area contributed by atoms with Crippen LogP contribution in [0.5, 0.6) is 0 Å². The first kappa shape index (κ1) is 13.9. The topological polar surface area (TPSA) is 63.8 Å². The van der Waals surface area contributed by atoms with E-state index in [0.717, 1.165) is 6.20 Å². The third-order valence-electron chi connectivity index (χ3n) is 2.85. The van der Waals surface area contributed by atoms with Crippen molar-refractivity contribution in [1.29, 1.82) is 0 Å². The standard InChI is InChI=1S/C10H11F5N4/c11-9(12)1-5(16)6(2-9)19-8-4-17-7(3-18-8)10(13,14)15/h3-6H,1-2,16H2,(H,18,19)/t5-,6+/m1/s1. The summed E-state index contributed by atoms with van der Waals surface area (Å²) in [7, 11) is 0. The average Bonchev–Trinajstić information content (AvgIpc) is 2.51. The molecule has 1 heterocycles. The molecule has 106 valence electrons. The van der Waals surface area contributed by atoms with Gasteiger partial charge in [-0.25, -0.2) is 18.7 Å². The van der Waals surface area contributed by atoms with Gasteiger partial charge >= 0.3 is 6.18 Å². The quantitative estimate of drug-likeness (QED) is 0.815. The van der Waals surface area contributed by atoms with Crippen molar-refractivity contribution in [3.05, 3.63) is 18.1 Å². The van der Waals surface area contributed by atoms with Gasteiger partial charge in [0.1, 0.15) is 5.82 Å². The maximum absolute atomic E-state index is 13.1. The van der Waals surface area contributed by atoms with E-state index in [9.17, 15) is 22.0 Å². The Morgan fingerprint density at radius 2 is 1.89 bits per heavy atom. The van der Waals surface area contributed by atoms with Gasteiger partial charge in [-0.1, -0.05) is 0 Å². The zero-order chi connectivity index (χ0) is 14.3. The highest BCUT2D eigenvalue weighted by Gasteiger charge is 2.45. The van der Waals surface area contributed by atoms with Crippen molar-refractivity contribution in [2.24, 2.45) is 5.73 Å². The largest absolute Gasteiger partial charge is 0.434 e. The van der Waals surface area contributed by atoms with Crippen molar-refractivity contribution in [3.8, 4) is 0 Å². The van der Waals surface area contributed by atoms with Gasteiger partial charge in [-0.2, -0.15) is 13.2 Å². The molecule has 0 bridgehead atoms. The third kappa shape index (κ3) is 3.28. The Hall–Kier alpha value is -1.51. The van der Waals surface area contributed by atoms with Gasteiger partial charge in [0.05, 0.1) is 12.4 Å². The Bertz CT molecular complexity index is 444. The maximum Gasteiger partial charge on any atom is 0.434 e. The fourth-order valence-corrected chi connectivity index (χ4v) is 1.94. The van der Waals surface area contributed by atoms with Crippen LogP contribution in [-0.4, -0.2) is 28.0 Å². The molecule has 4 nitrogen and oxygen atoms in total. The summed E-state index contributed by atoms with van der Waals surface area (Å²) in [5.74, 6) is -2.87. The molecule has 1 aromatic rings. The van der Waals surface area contributed by atoms with Crippen LogP contribution in [0, 0.1) is 0 Å². The van der Waals surface area contributed by atoms with Crippen LogP contribution in [0.3, 0.4) is 0 Å². The Morgan fingerprint density at radius 1 is 1.21 bits per heavy atom. The van der Waals surface area contributed by atoms with Gasteiger partial charge < -0.3 is 11.1 Å². The molecule has 1 fully saturated rings. The second kappa shape index (κ2) is 4.55. The normalized spacial score (nSPS) is 26.4. The first-order chi connectivity index (χ1) is 8.67. The molecular formula is C10H11F5N4. The molecule has 2 rings (SSSR count). The Labute approximate surface area is 105 Å². The fourth-order valence-electron chi connectivity index (χ4n) is 1.94. The van der Waals surface area contributed by atoms with E-state index >= 15 is 0 Å². The molecule has 0 spiro atoms. The summed E-state index contributed by atoms with van der Waals surface area (Å²) in [6, 6.07) is -1.51. The van der Waals surface area contributed by atoms with Gasteiger partial charge in [0.15, 0.2) is 5.69 Å². The molecule has 1 aliphatic rings. The van der Waals surface area contributed by atoms with Crippen molar-refractivity contribution in [2.45, 2.75) is 37.0 Å². The van der Waals surface area contributed by atoms with E-state index in [-0.39, 0.29) is 5.82 Å². The van der Waals surface area contributed by atoms with Gasteiger partial charge in [0.2, 0.25) is 0 Å². The van der Waals surface area contributed by atoms with Gasteiger partial charge in [-0.15, -0.1) is 0 Å². The molecule has 1 aromatic heterocycles. The van der Waals surface area contributed by atoms with Gasteiger partial charge in [-0.3, -0.25) is 0 Å². The number of nitrogens with one attached hydrogen (secondary N) is 1. The summed E-state index contributed by atoms with van der Waals surface area (Å²) >= 11 is 0. The number of hydrogen-bond acceptors (Lipinski definition) is 4. The van der Waals surface area contributed by atoms with Crippen LogP contribution >= 0.6 is 0 Å². The number of rotatable bonds is 2. The summed E-state index contributed by atoms with van der Waals surface area (Å²) in [5.41, 5.74) is 4.39. The highest BCUT2D eigenvalue weighted by Crippen LogP contribution is 2.35. The van der Waals surface area contributed by atoms with E-state index in [1.165, 1.54) is 0 Å². The van der Waals surface area contributed by atoms with Crippen LogP contribution in [0.2, 0.25) is 0 Å². The number of nitrogens with two attached hydrogens (primary N) is 1. The van der Waals surface area contributed by atoms with Crippen LogP contribution in [-0.2, 0) is 6.18 Å². The highest BCUT2D eigenvalue weighted by atomic mass is 19.4. The third-order valence-corrected chi connectivity index (χ3v) is 2.85. The fraction of sp³-hybridized carbons (Fsp3) is 0.600. The smallest absolute Gasteiger partial charge is 0.364 e. The van der Waals surface area contributed by atoms with Crippen LogP contribution in [0.15, 0.2) is 12.4 Å². The summed E-state index contributed by atoms with van der Waals surface area (Å²) in [6.07, 6.45) is -4.12. The Kier molecular flexibility index (Phi) is 3.33. The molecular weight excluding hydrogens is 271 g/mol. The lowest BCUT2D eigenvalue weighted by atomic mass is 10.2. The number of aromatic nitrogens is 2. The second-order valence-corrected chi connectivity index (χ2v) is 4.46. The summed E-state index contributed by atoms with van der Waals surface area (Å²) in [6.45, 7) is 0. The number of nitrogens with zero attached hydrogens (tertiary/aromatic N) is 2. The maximum atomic E-state index is 13.1. The van der Waals surface area contributed by atoms with Crippen LogP contribution < -0.4 is 11.1 Å². The minimum absolute atomic E-state index is 0.00819. The van der Waals surface area contributed by atoms with Gasteiger partial charge in [0.25, 0.3) is 5.92 Å². The molecule has 2 atom stereocenters. The van der Waals surface area contributed by atoms with E-state index < -0.39 is 42.7 Å². The monoisotopic (exact) mass is 282 g/mol. The van der Waals surface area contributed by atoms with Crippen molar-refractivity contribution in [2.75, 3.05) is 5.32 Å². The highest BCUT2D eigenvalue weighted by molar-refractivity contribution is 5.34. The first-order valence-electron chi connectivity index (χ1n) is 5.46. The van der Waals surface area contributed by atoms with Crippen LogP contribution in [0.1, 0.15) is 18.5 Å². The molecule has 9 heteroatoms. The van der Waals surface area contributed by atoms with Crippen LogP contribution in [0.4, 0.5) is 27.8 Å². The Morgan fingerprint density at radius 3 is 2.32 bits per heavy atom. The van der Waals surface area contributed by atoms with E-state index in [1.54, 1.807) is 0 Å². The van der Waals surface area contributed by atoms with E-state index in [2.05, 4.69) is 15.3 Å². The predicted molar refractivity (Wildman–Crippen MR) is 56.6 cm³/mol. The number of hydrogen-bond donors (Lipinski definition) is 2. The van der Waals surface area contributed by atoms with E-state index in [1.807, 2.05) is 0 Å². The first-order valence-corrected chi connectivity index (χ1v) is 5.46. The van der Waals surface area contributed by atoms with E-state index in [4.69, 9.17) is 5.73 Å². The zero-order valence-electron chi connectivity index (χ0n) is 9.59. The molecule has 3 N–H and O–H groups in total. The van der Waals surface area contributed by atoms with Gasteiger partial charge in [0, 0.05) is 24.9 Å². The molecule has 0 amide bonds. The minimum Gasteiger partial charge on any atom is -0.364 e. The molecule has 19 heavy (non-hydrogen) atoms. The lowest BCUT2D eigenvalue weighted by molar-refractivity contribution is -0.141. The summed E-state index contributed by atoms with van der Waals surface area (Å²) < 4.78 is 62.9. The number of alkyl halides is 5. The molecule has 0 unspecified atom stereocenters.